The van der Waals surface area contributed by atoms with Gasteiger partial charge in [0.1, 0.15) is 0 Å². The van der Waals surface area contributed by atoms with Crippen molar-refractivity contribution in [2.75, 3.05) is 5.32 Å². The summed E-state index contributed by atoms with van der Waals surface area (Å²) >= 11 is 0. The van der Waals surface area contributed by atoms with Crippen LogP contribution in [0.1, 0.15) is 30.4 Å². The van der Waals surface area contributed by atoms with Gasteiger partial charge in [-0.3, -0.25) is 14.9 Å². The zero-order valence-electron chi connectivity index (χ0n) is 11.5. The summed E-state index contributed by atoms with van der Waals surface area (Å²) in [4.78, 5) is 33.3. The second-order valence-corrected chi connectivity index (χ2v) is 4.57. The molecular formula is C14H18N2O4. The van der Waals surface area contributed by atoms with E-state index in [-0.39, 0.29) is 19.3 Å². The van der Waals surface area contributed by atoms with E-state index in [2.05, 4.69) is 10.6 Å². The largest absolute Gasteiger partial charge is 0.481 e. The molecule has 108 valence electrons. The van der Waals surface area contributed by atoms with E-state index in [1.165, 1.54) is 0 Å². The Hall–Kier alpha value is -2.37. The van der Waals surface area contributed by atoms with Crippen molar-refractivity contribution in [3.05, 3.63) is 29.3 Å². The van der Waals surface area contributed by atoms with E-state index in [4.69, 9.17) is 5.11 Å². The van der Waals surface area contributed by atoms with E-state index < -0.39 is 17.9 Å². The third kappa shape index (κ3) is 5.51. The number of hydrogen-bond donors (Lipinski definition) is 3. The van der Waals surface area contributed by atoms with Crippen LogP contribution in [0.2, 0.25) is 0 Å². The van der Waals surface area contributed by atoms with Crippen LogP contribution in [0.5, 0.6) is 0 Å². The van der Waals surface area contributed by atoms with Gasteiger partial charge in [0.15, 0.2) is 0 Å². The molecule has 20 heavy (non-hydrogen) atoms. The lowest BCUT2D eigenvalue weighted by atomic mass is 10.1. The highest BCUT2D eigenvalue weighted by Gasteiger charge is 2.09. The summed E-state index contributed by atoms with van der Waals surface area (Å²) < 4.78 is 0. The number of amides is 3. The van der Waals surface area contributed by atoms with Gasteiger partial charge in [-0.05, 0) is 31.9 Å². The molecule has 0 fully saturated rings. The van der Waals surface area contributed by atoms with Gasteiger partial charge >= 0.3 is 12.0 Å². The number of rotatable bonds is 5. The lowest BCUT2D eigenvalue weighted by molar-refractivity contribution is -0.137. The minimum atomic E-state index is -0.961. The lowest BCUT2D eigenvalue weighted by Crippen LogP contribution is -2.34. The van der Waals surface area contributed by atoms with Gasteiger partial charge in [-0.2, -0.15) is 0 Å². The Morgan fingerprint density at radius 3 is 2.45 bits per heavy atom. The molecule has 0 aromatic heterocycles. The molecule has 0 aliphatic heterocycles. The molecule has 0 spiro atoms. The number of carbonyl (C=O) groups is 3. The first-order valence-electron chi connectivity index (χ1n) is 6.28. The van der Waals surface area contributed by atoms with Gasteiger partial charge < -0.3 is 10.4 Å². The van der Waals surface area contributed by atoms with E-state index in [0.29, 0.717) is 5.69 Å². The number of carbonyl (C=O) groups excluding carboxylic acids is 2. The Bertz CT molecular complexity index is 526. The number of carboxylic acid groups (broad SMARTS) is 1. The molecule has 1 rings (SSSR count). The second-order valence-electron chi connectivity index (χ2n) is 4.57. The summed E-state index contributed by atoms with van der Waals surface area (Å²) in [5.74, 6) is -1.45. The number of benzene rings is 1. The molecule has 0 aliphatic carbocycles. The summed E-state index contributed by atoms with van der Waals surface area (Å²) in [7, 11) is 0. The highest BCUT2D eigenvalue weighted by Crippen LogP contribution is 2.15. The molecule has 1 aromatic rings. The Kier molecular flexibility index (Phi) is 5.71. The molecule has 0 heterocycles. The van der Waals surface area contributed by atoms with E-state index in [1.54, 1.807) is 6.07 Å². The van der Waals surface area contributed by atoms with Crippen LogP contribution in [0, 0.1) is 13.8 Å². The minimum Gasteiger partial charge on any atom is -0.481 e. The van der Waals surface area contributed by atoms with Gasteiger partial charge in [-0.1, -0.05) is 17.7 Å². The standard InChI is InChI=1S/C14H18N2O4/c1-9-6-7-11(10(2)8-9)15-14(20)16-12(17)4-3-5-13(18)19/h6-8H,3-5H2,1-2H3,(H,18,19)(H2,15,16,17,20). The number of aryl methyl sites for hydroxylation is 2. The van der Waals surface area contributed by atoms with Crippen LogP contribution in [-0.2, 0) is 9.59 Å². The summed E-state index contributed by atoms with van der Waals surface area (Å²) in [5, 5.41) is 13.2. The summed E-state index contributed by atoms with van der Waals surface area (Å²) in [6.45, 7) is 3.81. The fourth-order valence-corrected chi connectivity index (χ4v) is 1.70. The molecule has 0 aliphatic rings. The lowest BCUT2D eigenvalue weighted by Gasteiger charge is -2.09. The maximum absolute atomic E-state index is 11.6. The number of urea groups is 1. The number of hydrogen-bond acceptors (Lipinski definition) is 3. The number of nitrogens with one attached hydrogen (secondary N) is 2. The Morgan fingerprint density at radius 2 is 1.85 bits per heavy atom. The summed E-state index contributed by atoms with van der Waals surface area (Å²) in [6, 6.07) is 4.93. The molecule has 0 radical (unpaired) electrons. The van der Waals surface area contributed by atoms with Crippen molar-refractivity contribution in [3.8, 4) is 0 Å². The van der Waals surface area contributed by atoms with Crippen molar-refractivity contribution in [3.63, 3.8) is 0 Å². The second kappa shape index (κ2) is 7.28. The average molecular weight is 278 g/mol. The number of imide groups is 1. The van der Waals surface area contributed by atoms with Crippen LogP contribution in [-0.4, -0.2) is 23.0 Å². The molecule has 3 amide bonds. The monoisotopic (exact) mass is 278 g/mol. The van der Waals surface area contributed by atoms with Crippen molar-refractivity contribution >= 4 is 23.6 Å². The number of carboxylic acids is 1. The van der Waals surface area contributed by atoms with Crippen LogP contribution in [0.3, 0.4) is 0 Å². The Balaban J connectivity index is 2.43. The fraction of sp³-hybridized carbons (Fsp3) is 0.357. The quantitative estimate of drug-likeness (QED) is 0.769. The van der Waals surface area contributed by atoms with Crippen LogP contribution in [0.4, 0.5) is 10.5 Å². The third-order valence-electron chi connectivity index (χ3n) is 2.68. The molecule has 3 N–H and O–H groups in total. The van der Waals surface area contributed by atoms with Gasteiger partial charge in [0, 0.05) is 18.5 Å². The van der Waals surface area contributed by atoms with Crippen molar-refractivity contribution in [1.29, 1.82) is 0 Å². The van der Waals surface area contributed by atoms with Gasteiger partial charge in [0.2, 0.25) is 5.91 Å². The Morgan fingerprint density at radius 1 is 1.15 bits per heavy atom. The molecule has 0 unspecified atom stereocenters. The molecular weight excluding hydrogens is 260 g/mol. The predicted octanol–water partition coefficient (Wildman–Crippen LogP) is 2.21. The molecule has 1 aromatic carbocycles. The van der Waals surface area contributed by atoms with Crippen molar-refractivity contribution < 1.29 is 19.5 Å². The molecule has 0 saturated carbocycles. The van der Waals surface area contributed by atoms with Crippen molar-refractivity contribution in [2.45, 2.75) is 33.1 Å². The molecule has 6 heteroatoms. The Labute approximate surface area is 117 Å². The first-order valence-corrected chi connectivity index (χ1v) is 6.28. The smallest absolute Gasteiger partial charge is 0.325 e. The van der Waals surface area contributed by atoms with Crippen LogP contribution in [0.15, 0.2) is 18.2 Å². The predicted molar refractivity (Wildman–Crippen MR) is 74.6 cm³/mol. The maximum atomic E-state index is 11.6. The first-order chi connectivity index (χ1) is 9.38. The van der Waals surface area contributed by atoms with Gasteiger partial charge in [-0.25, -0.2) is 4.79 Å². The molecule has 0 bridgehead atoms. The highest BCUT2D eigenvalue weighted by atomic mass is 16.4. The third-order valence-corrected chi connectivity index (χ3v) is 2.68. The van der Waals surface area contributed by atoms with Crippen molar-refractivity contribution in [1.82, 2.24) is 5.32 Å². The van der Waals surface area contributed by atoms with Crippen molar-refractivity contribution in [2.24, 2.45) is 0 Å². The van der Waals surface area contributed by atoms with Crippen LogP contribution >= 0.6 is 0 Å². The van der Waals surface area contributed by atoms with Gasteiger partial charge in [0.25, 0.3) is 0 Å². The summed E-state index contributed by atoms with van der Waals surface area (Å²) in [5.41, 5.74) is 2.61. The zero-order chi connectivity index (χ0) is 15.1. The first kappa shape index (κ1) is 15.7. The minimum absolute atomic E-state index is 0.00655. The fourth-order valence-electron chi connectivity index (χ4n) is 1.70. The molecule has 0 saturated heterocycles. The molecule has 0 atom stereocenters. The molecule has 6 nitrogen and oxygen atoms in total. The van der Waals surface area contributed by atoms with E-state index in [0.717, 1.165) is 11.1 Å². The SMILES string of the molecule is Cc1ccc(NC(=O)NC(=O)CCCC(=O)O)c(C)c1. The van der Waals surface area contributed by atoms with Gasteiger partial charge in [0.05, 0.1) is 0 Å². The van der Waals surface area contributed by atoms with E-state index in [1.807, 2.05) is 26.0 Å². The normalized spacial score (nSPS) is 9.90. The maximum Gasteiger partial charge on any atom is 0.325 e. The summed E-state index contributed by atoms with van der Waals surface area (Å²) in [6.07, 6.45) is 0.122. The topological polar surface area (TPSA) is 95.5 Å². The number of anilines is 1. The van der Waals surface area contributed by atoms with Crippen LogP contribution < -0.4 is 10.6 Å². The average Bonchev–Trinajstić information content (AvgIpc) is 2.32. The number of aliphatic carboxylic acids is 1. The van der Waals surface area contributed by atoms with E-state index in [9.17, 15) is 14.4 Å². The van der Waals surface area contributed by atoms with Crippen LogP contribution in [0.25, 0.3) is 0 Å². The zero-order valence-corrected chi connectivity index (χ0v) is 11.5. The van der Waals surface area contributed by atoms with E-state index >= 15 is 0 Å². The van der Waals surface area contributed by atoms with Gasteiger partial charge in [-0.15, -0.1) is 0 Å². The highest BCUT2D eigenvalue weighted by molar-refractivity contribution is 6.01.